The van der Waals surface area contributed by atoms with Gasteiger partial charge in [0.25, 0.3) is 5.91 Å². The van der Waals surface area contributed by atoms with Crippen LogP contribution in [0.15, 0.2) is 36.4 Å². The van der Waals surface area contributed by atoms with E-state index in [4.69, 9.17) is 32.7 Å². The molecule has 1 aliphatic heterocycles. The van der Waals surface area contributed by atoms with Gasteiger partial charge in [0.1, 0.15) is 11.5 Å². The number of carbonyl (C=O) groups excluding carboxylic acids is 2. The third-order valence-corrected chi connectivity index (χ3v) is 4.97. The zero-order valence-electron chi connectivity index (χ0n) is 12.9. The SMILES string of the molecule is O=C1NC(=O)[C@H]([C@@H]2CCc3cc(Oc4ccc(Cl)cc4Cl)ccc32)O1. The Labute approximate surface area is 153 Å². The van der Waals surface area contributed by atoms with Crippen LogP contribution in [-0.4, -0.2) is 18.1 Å². The summed E-state index contributed by atoms with van der Waals surface area (Å²) in [6.07, 6.45) is 0.0886. The Hall–Kier alpha value is -2.24. The molecule has 5 nitrogen and oxygen atoms in total. The first-order valence-electron chi connectivity index (χ1n) is 7.78. The van der Waals surface area contributed by atoms with Crippen LogP contribution in [-0.2, 0) is 16.0 Å². The van der Waals surface area contributed by atoms with Gasteiger partial charge < -0.3 is 9.47 Å². The van der Waals surface area contributed by atoms with Gasteiger partial charge in [0, 0.05) is 10.9 Å². The molecule has 2 atom stereocenters. The molecule has 0 spiro atoms. The zero-order valence-corrected chi connectivity index (χ0v) is 14.4. The van der Waals surface area contributed by atoms with Crippen molar-refractivity contribution in [2.45, 2.75) is 24.9 Å². The van der Waals surface area contributed by atoms with E-state index in [1.54, 1.807) is 18.2 Å². The van der Waals surface area contributed by atoms with Crippen molar-refractivity contribution >= 4 is 35.2 Å². The van der Waals surface area contributed by atoms with E-state index in [0.717, 1.165) is 24.0 Å². The molecule has 7 heteroatoms. The summed E-state index contributed by atoms with van der Waals surface area (Å²) < 4.78 is 10.9. The molecule has 25 heavy (non-hydrogen) atoms. The van der Waals surface area contributed by atoms with E-state index in [-0.39, 0.29) is 11.8 Å². The summed E-state index contributed by atoms with van der Waals surface area (Å²) in [6.45, 7) is 0. The molecule has 1 aliphatic carbocycles. The molecule has 2 aromatic rings. The molecule has 0 unspecified atom stereocenters. The van der Waals surface area contributed by atoms with Crippen molar-refractivity contribution < 1.29 is 19.1 Å². The van der Waals surface area contributed by atoms with E-state index in [0.29, 0.717) is 21.5 Å². The molecule has 2 aliphatic rings. The first-order valence-corrected chi connectivity index (χ1v) is 8.54. The third kappa shape index (κ3) is 3.05. The Morgan fingerprint density at radius 3 is 2.68 bits per heavy atom. The maximum atomic E-state index is 11.8. The van der Waals surface area contributed by atoms with E-state index < -0.39 is 12.2 Å². The maximum absolute atomic E-state index is 11.8. The number of halogens is 2. The number of cyclic esters (lactones) is 1. The number of amides is 2. The van der Waals surface area contributed by atoms with E-state index in [9.17, 15) is 9.59 Å². The lowest BCUT2D eigenvalue weighted by atomic mass is 9.95. The highest BCUT2D eigenvalue weighted by molar-refractivity contribution is 6.35. The van der Waals surface area contributed by atoms with Crippen molar-refractivity contribution in [3.05, 3.63) is 57.6 Å². The van der Waals surface area contributed by atoms with Gasteiger partial charge in [-0.15, -0.1) is 0 Å². The molecule has 2 amide bonds. The Morgan fingerprint density at radius 2 is 1.96 bits per heavy atom. The second-order valence-electron chi connectivity index (χ2n) is 6.00. The standard InChI is InChI=1S/C18H13Cl2NO4/c19-10-2-6-15(14(20)8-10)24-11-3-5-12-9(7-11)1-4-13(12)16-17(22)21-18(23)25-16/h2-3,5-8,13,16H,1,4H2,(H,21,22,23)/t13-,16+/m1/s1. The second-order valence-corrected chi connectivity index (χ2v) is 6.84. The Balaban J connectivity index is 1.57. The topological polar surface area (TPSA) is 64.6 Å². The number of rotatable bonds is 3. The van der Waals surface area contributed by atoms with Gasteiger partial charge in [0.2, 0.25) is 0 Å². The lowest BCUT2D eigenvalue weighted by Crippen LogP contribution is -2.28. The molecule has 1 saturated heterocycles. The van der Waals surface area contributed by atoms with Crippen molar-refractivity contribution in [3.63, 3.8) is 0 Å². The monoisotopic (exact) mass is 377 g/mol. The number of benzene rings is 2. The van der Waals surface area contributed by atoms with Crippen molar-refractivity contribution in [1.29, 1.82) is 0 Å². The van der Waals surface area contributed by atoms with Gasteiger partial charge in [-0.25, -0.2) is 4.79 Å². The summed E-state index contributed by atoms with van der Waals surface area (Å²) in [5.74, 6) is 0.659. The van der Waals surface area contributed by atoms with Crippen LogP contribution in [0.3, 0.4) is 0 Å². The molecular formula is C18H13Cl2NO4. The number of carbonyl (C=O) groups is 2. The number of aryl methyl sites for hydroxylation is 1. The van der Waals surface area contributed by atoms with Gasteiger partial charge in [0.15, 0.2) is 6.10 Å². The second kappa shape index (κ2) is 6.24. The van der Waals surface area contributed by atoms with Crippen LogP contribution in [0.5, 0.6) is 11.5 Å². The number of hydrogen-bond acceptors (Lipinski definition) is 4. The molecule has 1 N–H and O–H groups in total. The minimum absolute atomic E-state index is 0.130. The number of hydrogen-bond donors (Lipinski definition) is 1. The lowest BCUT2D eigenvalue weighted by Gasteiger charge is -2.16. The largest absolute Gasteiger partial charge is 0.456 e. The van der Waals surface area contributed by atoms with Crippen LogP contribution >= 0.6 is 23.2 Å². The molecule has 2 aromatic carbocycles. The number of fused-ring (bicyclic) bond motifs is 1. The number of ether oxygens (including phenoxy) is 2. The predicted octanol–water partition coefficient (Wildman–Crippen LogP) is 4.45. The molecule has 0 aromatic heterocycles. The van der Waals surface area contributed by atoms with Gasteiger partial charge in [-0.2, -0.15) is 0 Å². The maximum Gasteiger partial charge on any atom is 0.414 e. The van der Waals surface area contributed by atoms with Crippen molar-refractivity contribution in [3.8, 4) is 11.5 Å². The first kappa shape index (κ1) is 16.2. The zero-order chi connectivity index (χ0) is 17.6. The fourth-order valence-electron chi connectivity index (χ4n) is 3.32. The summed E-state index contributed by atoms with van der Waals surface area (Å²) in [5.41, 5.74) is 2.08. The summed E-state index contributed by atoms with van der Waals surface area (Å²) in [4.78, 5) is 23.1. The summed E-state index contributed by atoms with van der Waals surface area (Å²) in [7, 11) is 0. The normalized spacial score (nSPS) is 21.7. The minimum atomic E-state index is -0.758. The average molecular weight is 378 g/mol. The van der Waals surface area contributed by atoms with Crippen LogP contribution < -0.4 is 10.1 Å². The molecule has 0 bridgehead atoms. The molecule has 0 saturated carbocycles. The van der Waals surface area contributed by atoms with Crippen LogP contribution in [0.1, 0.15) is 23.5 Å². The summed E-state index contributed by atoms with van der Waals surface area (Å²) >= 11 is 12.0. The van der Waals surface area contributed by atoms with Gasteiger partial charge in [-0.3, -0.25) is 10.1 Å². The Kier molecular flexibility index (Phi) is 4.06. The van der Waals surface area contributed by atoms with Crippen molar-refractivity contribution in [1.82, 2.24) is 5.32 Å². The van der Waals surface area contributed by atoms with Gasteiger partial charge >= 0.3 is 6.09 Å². The quantitative estimate of drug-likeness (QED) is 0.857. The lowest BCUT2D eigenvalue weighted by molar-refractivity contribution is -0.124. The highest BCUT2D eigenvalue weighted by Gasteiger charge is 2.42. The fourth-order valence-corrected chi connectivity index (χ4v) is 3.77. The Bertz CT molecular complexity index is 883. The van der Waals surface area contributed by atoms with E-state index in [1.165, 1.54) is 0 Å². The third-order valence-electron chi connectivity index (χ3n) is 4.44. The van der Waals surface area contributed by atoms with Crippen molar-refractivity contribution in [2.24, 2.45) is 0 Å². The first-order chi connectivity index (χ1) is 12.0. The van der Waals surface area contributed by atoms with Gasteiger partial charge in [0.05, 0.1) is 5.02 Å². The summed E-state index contributed by atoms with van der Waals surface area (Å²) in [5, 5.41) is 3.15. The molecule has 128 valence electrons. The molecule has 4 rings (SSSR count). The van der Waals surface area contributed by atoms with Gasteiger partial charge in [-0.05, 0) is 54.3 Å². The van der Waals surface area contributed by atoms with E-state index in [2.05, 4.69) is 5.32 Å². The molecule has 0 radical (unpaired) electrons. The number of alkyl carbamates (subject to hydrolysis) is 1. The van der Waals surface area contributed by atoms with Crippen molar-refractivity contribution in [2.75, 3.05) is 0 Å². The predicted molar refractivity (Wildman–Crippen MR) is 92.5 cm³/mol. The minimum Gasteiger partial charge on any atom is -0.456 e. The smallest absolute Gasteiger partial charge is 0.414 e. The Morgan fingerprint density at radius 1 is 1.12 bits per heavy atom. The van der Waals surface area contributed by atoms with E-state index >= 15 is 0 Å². The number of imide groups is 1. The average Bonchev–Trinajstić information content (AvgIpc) is 3.12. The van der Waals surface area contributed by atoms with E-state index in [1.807, 2.05) is 18.2 Å². The highest BCUT2D eigenvalue weighted by Crippen LogP contribution is 2.40. The van der Waals surface area contributed by atoms with Crippen LogP contribution in [0.25, 0.3) is 0 Å². The number of nitrogens with one attached hydrogen (secondary N) is 1. The molecular weight excluding hydrogens is 365 g/mol. The molecule has 1 fully saturated rings. The summed E-state index contributed by atoms with van der Waals surface area (Å²) in [6, 6.07) is 10.7. The fraction of sp³-hybridized carbons (Fsp3) is 0.222. The van der Waals surface area contributed by atoms with Gasteiger partial charge in [-0.1, -0.05) is 29.3 Å². The van der Waals surface area contributed by atoms with Crippen LogP contribution in [0, 0.1) is 0 Å². The van der Waals surface area contributed by atoms with Crippen LogP contribution in [0.4, 0.5) is 4.79 Å². The van der Waals surface area contributed by atoms with Crippen LogP contribution in [0.2, 0.25) is 10.0 Å². The molecule has 1 heterocycles. The highest BCUT2D eigenvalue weighted by atomic mass is 35.5.